The number of hydroxylamine groups is 2. The normalized spacial score (nSPS) is 25.9. The summed E-state index contributed by atoms with van der Waals surface area (Å²) in [6.07, 6.45) is -2.52. The zero-order valence-electron chi connectivity index (χ0n) is 18.1. The van der Waals surface area contributed by atoms with Gasteiger partial charge in [-0.1, -0.05) is 5.16 Å². The van der Waals surface area contributed by atoms with Crippen LogP contribution in [0.15, 0.2) is 4.52 Å². The molecule has 0 bridgehead atoms. The van der Waals surface area contributed by atoms with Crippen LogP contribution in [0.5, 0.6) is 0 Å². The lowest BCUT2D eigenvalue weighted by Gasteiger charge is -2.31. The number of aryl methyl sites for hydroxylation is 2. The van der Waals surface area contributed by atoms with Crippen molar-refractivity contribution >= 4 is 11.9 Å². The minimum Gasteiger partial charge on any atom is -0.475 e. The van der Waals surface area contributed by atoms with Crippen LogP contribution >= 0.6 is 0 Å². The molecular weight excluding hydrogens is 435 g/mol. The van der Waals surface area contributed by atoms with Gasteiger partial charge in [0, 0.05) is 49.5 Å². The van der Waals surface area contributed by atoms with Crippen LogP contribution in [0.2, 0.25) is 0 Å². The summed E-state index contributed by atoms with van der Waals surface area (Å²) in [6.45, 7) is 9.37. The molecule has 3 aliphatic heterocycles. The lowest BCUT2D eigenvalue weighted by atomic mass is 9.78. The number of carboxylic acid groups (broad SMARTS) is 1. The highest BCUT2D eigenvalue weighted by molar-refractivity contribution is 5.76. The van der Waals surface area contributed by atoms with E-state index in [1.165, 1.54) is 5.56 Å². The van der Waals surface area contributed by atoms with Crippen molar-refractivity contribution in [3.05, 3.63) is 17.0 Å². The summed E-state index contributed by atoms with van der Waals surface area (Å²) >= 11 is 0. The molecule has 1 aromatic heterocycles. The summed E-state index contributed by atoms with van der Waals surface area (Å²) in [4.78, 5) is 29.6. The Bertz CT molecular complexity index is 804. The molecule has 32 heavy (non-hydrogen) atoms. The van der Waals surface area contributed by atoms with E-state index in [-0.39, 0.29) is 11.3 Å². The quantitative estimate of drug-likeness (QED) is 0.726. The monoisotopic (exact) mass is 463 g/mol. The van der Waals surface area contributed by atoms with Gasteiger partial charge < -0.3 is 14.4 Å². The average molecular weight is 463 g/mol. The summed E-state index contributed by atoms with van der Waals surface area (Å²) in [5.74, 6) is -1.36. The van der Waals surface area contributed by atoms with Gasteiger partial charge >= 0.3 is 12.1 Å². The Balaban J connectivity index is 0.000000360. The topological polar surface area (TPSA) is 105 Å². The third-order valence-electron chi connectivity index (χ3n) is 6.18. The van der Waals surface area contributed by atoms with E-state index in [0.717, 1.165) is 50.5 Å². The predicted molar refractivity (Wildman–Crippen MR) is 103 cm³/mol. The molecule has 2 atom stereocenters. The molecule has 180 valence electrons. The summed E-state index contributed by atoms with van der Waals surface area (Å²) in [7, 11) is 0. The minimum atomic E-state index is -5.08. The Morgan fingerprint density at radius 2 is 2.00 bits per heavy atom. The van der Waals surface area contributed by atoms with E-state index in [1.54, 1.807) is 5.06 Å². The van der Waals surface area contributed by atoms with Crippen molar-refractivity contribution in [2.24, 2.45) is 11.3 Å². The number of hydrogen-bond acceptors (Lipinski definition) is 7. The molecule has 9 nitrogen and oxygen atoms in total. The fraction of sp³-hybridized carbons (Fsp3) is 0.750. The maximum atomic E-state index is 12.7. The number of aliphatic carboxylic acids is 1. The second-order valence-electron chi connectivity index (χ2n) is 8.56. The number of carbonyl (C=O) groups is 2. The maximum Gasteiger partial charge on any atom is 0.490 e. The Morgan fingerprint density at radius 1 is 1.28 bits per heavy atom. The number of aromatic nitrogens is 1. The molecule has 1 N–H and O–H groups in total. The molecule has 0 aliphatic carbocycles. The number of ether oxygens (including phenoxy) is 1. The molecule has 0 unspecified atom stereocenters. The number of hydrogen-bond donors (Lipinski definition) is 1. The number of halogens is 3. The smallest absolute Gasteiger partial charge is 0.475 e. The van der Waals surface area contributed by atoms with Gasteiger partial charge in [0.15, 0.2) is 0 Å². The van der Waals surface area contributed by atoms with Gasteiger partial charge in [-0.25, -0.2) is 9.86 Å². The first-order chi connectivity index (χ1) is 15.0. The van der Waals surface area contributed by atoms with Crippen LogP contribution in [-0.2, 0) is 25.7 Å². The molecule has 1 amide bonds. The fourth-order valence-electron chi connectivity index (χ4n) is 4.45. The standard InChI is InChI=1S/C18H27N3O4.C2HF3O2/c1-13-16(14(2)25-19-13)9-20-8-15-10-23-12-18(15,11-20)7-17(22)21-5-3-4-6-24-21;3-2(4,5)1(6)7/h15H,3-12H2,1-2H3;(H,6,7)/t15-,18+;/m1./s1. The number of amides is 1. The fourth-order valence-corrected chi connectivity index (χ4v) is 4.45. The lowest BCUT2D eigenvalue weighted by molar-refractivity contribution is -0.199. The van der Waals surface area contributed by atoms with Gasteiger partial charge in [0.2, 0.25) is 5.91 Å². The molecular formula is C20H28F3N3O6. The zero-order valence-corrected chi connectivity index (χ0v) is 18.1. The van der Waals surface area contributed by atoms with E-state index in [4.69, 9.17) is 24.0 Å². The summed E-state index contributed by atoms with van der Waals surface area (Å²) < 4.78 is 42.8. The van der Waals surface area contributed by atoms with Crippen molar-refractivity contribution < 1.29 is 42.0 Å². The van der Waals surface area contributed by atoms with Crippen molar-refractivity contribution in [2.75, 3.05) is 39.5 Å². The first kappa shape index (κ1) is 24.5. The first-order valence-electron chi connectivity index (χ1n) is 10.5. The van der Waals surface area contributed by atoms with Gasteiger partial charge in [-0.05, 0) is 26.7 Å². The van der Waals surface area contributed by atoms with Crippen molar-refractivity contribution in [3.63, 3.8) is 0 Å². The molecule has 0 spiro atoms. The van der Waals surface area contributed by atoms with E-state index < -0.39 is 12.1 Å². The van der Waals surface area contributed by atoms with Gasteiger partial charge in [-0.15, -0.1) is 0 Å². The largest absolute Gasteiger partial charge is 0.490 e. The lowest BCUT2D eigenvalue weighted by Crippen LogP contribution is -2.41. The molecule has 0 aromatic carbocycles. The zero-order chi connectivity index (χ0) is 23.5. The van der Waals surface area contributed by atoms with Gasteiger partial charge in [-0.3, -0.25) is 14.5 Å². The number of fused-ring (bicyclic) bond motifs is 1. The number of rotatable bonds is 4. The number of nitrogens with zero attached hydrogens (tertiary/aromatic N) is 3. The number of carbonyl (C=O) groups excluding carboxylic acids is 1. The van der Waals surface area contributed by atoms with Gasteiger partial charge in [-0.2, -0.15) is 13.2 Å². The molecule has 3 fully saturated rings. The van der Waals surface area contributed by atoms with Crippen molar-refractivity contribution in [1.82, 2.24) is 15.1 Å². The molecule has 0 radical (unpaired) electrons. The molecule has 3 aliphatic rings. The van der Waals surface area contributed by atoms with E-state index in [9.17, 15) is 18.0 Å². The highest BCUT2D eigenvalue weighted by atomic mass is 19.4. The van der Waals surface area contributed by atoms with Crippen molar-refractivity contribution in [3.8, 4) is 0 Å². The van der Waals surface area contributed by atoms with Crippen LogP contribution < -0.4 is 0 Å². The van der Waals surface area contributed by atoms with Crippen LogP contribution in [0, 0.1) is 25.2 Å². The van der Waals surface area contributed by atoms with Crippen molar-refractivity contribution in [1.29, 1.82) is 0 Å². The van der Waals surface area contributed by atoms with Gasteiger partial charge in [0.25, 0.3) is 0 Å². The van der Waals surface area contributed by atoms with Crippen LogP contribution in [-0.4, -0.2) is 77.7 Å². The minimum absolute atomic E-state index is 0.0864. The Kier molecular flexibility index (Phi) is 7.46. The number of likely N-dealkylation sites (tertiary alicyclic amines) is 1. The summed E-state index contributed by atoms with van der Waals surface area (Å²) in [5.41, 5.74) is 2.04. The first-order valence-corrected chi connectivity index (χ1v) is 10.5. The SMILES string of the molecule is Cc1noc(C)c1CN1C[C@@H]2COC[C@]2(CC(=O)N2CCCCO2)C1.O=C(O)C(F)(F)F. The average Bonchev–Trinajstić information content (AvgIpc) is 3.36. The van der Waals surface area contributed by atoms with Gasteiger partial charge in [0.05, 0.1) is 25.5 Å². The van der Waals surface area contributed by atoms with Crippen LogP contribution in [0.1, 0.15) is 36.3 Å². The predicted octanol–water partition coefficient (Wildman–Crippen LogP) is 2.32. The van der Waals surface area contributed by atoms with E-state index in [0.29, 0.717) is 32.1 Å². The van der Waals surface area contributed by atoms with Crippen LogP contribution in [0.3, 0.4) is 0 Å². The molecule has 4 heterocycles. The van der Waals surface area contributed by atoms with E-state index in [2.05, 4.69) is 10.1 Å². The van der Waals surface area contributed by atoms with Crippen molar-refractivity contribution in [2.45, 2.75) is 45.8 Å². The molecule has 3 saturated heterocycles. The second-order valence-corrected chi connectivity index (χ2v) is 8.56. The molecule has 12 heteroatoms. The number of alkyl halides is 3. The Morgan fingerprint density at radius 3 is 2.56 bits per heavy atom. The van der Waals surface area contributed by atoms with Gasteiger partial charge in [0.1, 0.15) is 5.76 Å². The summed E-state index contributed by atoms with van der Waals surface area (Å²) in [6, 6.07) is 0. The second kappa shape index (κ2) is 9.75. The highest BCUT2D eigenvalue weighted by Crippen LogP contribution is 2.45. The summed E-state index contributed by atoms with van der Waals surface area (Å²) in [5, 5.41) is 12.8. The third kappa shape index (κ3) is 5.59. The Labute approximate surface area is 183 Å². The highest BCUT2D eigenvalue weighted by Gasteiger charge is 2.52. The maximum absolute atomic E-state index is 12.7. The van der Waals surface area contributed by atoms with Crippen LogP contribution in [0.25, 0.3) is 0 Å². The Hall–Kier alpha value is -2.18. The third-order valence-corrected chi connectivity index (χ3v) is 6.18. The van der Waals surface area contributed by atoms with E-state index >= 15 is 0 Å². The number of carboxylic acids is 1. The molecule has 1 aromatic rings. The van der Waals surface area contributed by atoms with Crippen LogP contribution in [0.4, 0.5) is 13.2 Å². The molecule has 0 saturated carbocycles. The molecule has 4 rings (SSSR count). The van der Waals surface area contributed by atoms with E-state index in [1.807, 2.05) is 13.8 Å².